The molecule has 0 aliphatic heterocycles. The van der Waals surface area contributed by atoms with Crippen LogP contribution in [0.4, 0.5) is 5.69 Å². The Balaban J connectivity index is 2.35. The summed E-state index contributed by atoms with van der Waals surface area (Å²) in [6, 6.07) is 9.68. The maximum atomic E-state index is 11.6. The van der Waals surface area contributed by atoms with Crippen molar-refractivity contribution in [2.75, 3.05) is 7.11 Å². The van der Waals surface area contributed by atoms with E-state index in [4.69, 9.17) is 4.74 Å². The van der Waals surface area contributed by atoms with Gasteiger partial charge < -0.3 is 14.6 Å². The second-order valence-electron chi connectivity index (χ2n) is 4.02. The van der Waals surface area contributed by atoms with E-state index in [9.17, 15) is 20.0 Å². The van der Waals surface area contributed by atoms with E-state index in [0.717, 1.165) is 7.11 Å². The number of nitrogens with zero attached hydrogens (tertiary/aromatic N) is 1. The average Bonchev–Trinajstić information content (AvgIpc) is 2.48. The molecule has 7 heteroatoms. The van der Waals surface area contributed by atoms with Crippen LogP contribution in [0.25, 0.3) is 0 Å². The van der Waals surface area contributed by atoms with Crippen LogP contribution >= 0.6 is 0 Å². The molecule has 0 saturated carbocycles. The number of carbonyl (C=O) groups is 1. The Morgan fingerprint density at radius 3 is 2.33 bits per heavy atom. The molecule has 1 N–H and O–H groups in total. The summed E-state index contributed by atoms with van der Waals surface area (Å²) >= 11 is 0. The maximum Gasteiger partial charge on any atom is 0.345 e. The van der Waals surface area contributed by atoms with E-state index >= 15 is 0 Å². The van der Waals surface area contributed by atoms with Crippen LogP contribution in [0, 0.1) is 10.1 Å². The van der Waals surface area contributed by atoms with E-state index in [1.54, 1.807) is 0 Å². The zero-order valence-corrected chi connectivity index (χ0v) is 11.0. The van der Waals surface area contributed by atoms with Gasteiger partial charge in [-0.3, -0.25) is 10.1 Å². The highest BCUT2D eigenvalue weighted by molar-refractivity contribution is 5.94. The molecule has 0 radical (unpaired) electrons. The first-order chi connectivity index (χ1) is 10.0. The van der Waals surface area contributed by atoms with Gasteiger partial charge in [0.2, 0.25) is 0 Å². The first kappa shape index (κ1) is 14.3. The molecule has 21 heavy (non-hydrogen) atoms. The second kappa shape index (κ2) is 5.91. The van der Waals surface area contributed by atoms with Gasteiger partial charge in [-0.1, -0.05) is 0 Å². The number of phenols is 1. The summed E-state index contributed by atoms with van der Waals surface area (Å²) < 4.78 is 9.98. The molecule has 0 aliphatic carbocycles. The van der Waals surface area contributed by atoms with Crippen molar-refractivity contribution in [3.63, 3.8) is 0 Å². The summed E-state index contributed by atoms with van der Waals surface area (Å²) in [5.41, 5.74) is -0.557. The van der Waals surface area contributed by atoms with Gasteiger partial charge in [0.1, 0.15) is 22.8 Å². The van der Waals surface area contributed by atoms with E-state index in [1.807, 2.05) is 0 Å². The lowest BCUT2D eigenvalue weighted by atomic mass is 10.1. The molecule has 0 saturated heterocycles. The summed E-state index contributed by atoms with van der Waals surface area (Å²) in [6.07, 6.45) is 0. The van der Waals surface area contributed by atoms with Gasteiger partial charge in [-0.2, -0.15) is 0 Å². The number of rotatable bonds is 4. The predicted molar refractivity (Wildman–Crippen MR) is 72.6 cm³/mol. The zero-order chi connectivity index (χ0) is 15.4. The number of hydrogen-bond donors (Lipinski definition) is 1. The Morgan fingerprint density at radius 1 is 1.14 bits per heavy atom. The fraction of sp³-hybridized carbons (Fsp3) is 0.0714. The number of ether oxygens (including phenoxy) is 2. The van der Waals surface area contributed by atoms with E-state index in [0.29, 0.717) is 5.75 Å². The minimum absolute atomic E-state index is 0.0845. The molecule has 0 unspecified atom stereocenters. The van der Waals surface area contributed by atoms with Crippen LogP contribution in [0.1, 0.15) is 10.4 Å². The number of methoxy groups -OCH3 is 1. The third-order valence-electron chi connectivity index (χ3n) is 2.64. The van der Waals surface area contributed by atoms with Crippen LogP contribution < -0.4 is 4.74 Å². The Morgan fingerprint density at radius 2 is 1.76 bits per heavy atom. The van der Waals surface area contributed by atoms with Gasteiger partial charge in [0.15, 0.2) is 0 Å². The third kappa shape index (κ3) is 3.27. The molecule has 2 aromatic rings. The van der Waals surface area contributed by atoms with Gasteiger partial charge in [-0.05, 0) is 30.3 Å². The highest BCUT2D eigenvalue weighted by Crippen LogP contribution is 2.28. The van der Waals surface area contributed by atoms with Crippen molar-refractivity contribution in [3.05, 3.63) is 58.1 Å². The van der Waals surface area contributed by atoms with Gasteiger partial charge in [0.05, 0.1) is 12.0 Å². The number of esters is 1. The normalized spacial score (nSPS) is 9.95. The molecule has 0 atom stereocenters. The van der Waals surface area contributed by atoms with Gasteiger partial charge >= 0.3 is 5.97 Å². The molecule has 108 valence electrons. The number of nitro benzene ring substituents is 1. The van der Waals surface area contributed by atoms with Crippen molar-refractivity contribution in [1.82, 2.24) is 0 Å². The Labute approximate surface area is 119 Å². The number of aromatic hydroxyl groups is 1. The Kier molecular flexibility index (Phi) is 4.03. The van der Waals surface area contributed by atoms with E-state index in [1.165, 1.54) is 42.5 Å². The van der Waals surface area contributed by atoms with Crippen molar-refractivity contribution in [2.24, 2.45) is 0 Å². The molecule has 0 amide bonds. The fourth-order valence-corrected chi connectivity index (χ4v) is 1.66. The van der Waals surface area contributed by atoms with Crippen LogP contribution in [0.15, 0.2) is 42.5 Å². The summed E-state index contributed by atoms with van der Waals surface area (Å²) in [5, 5.41) is 20.1. The number of hydrogen-bond acceptors (Lipinski definition) is 6. The Hall–Kier alpha value is -3.09. The monoisotopic (exact) mass is 289 g/mol. The quantitative estimate of drug-likeness (QED) is 0.528. The average molecular weight is 289 g/mol. The molecule has 0 fully saturated rings. The van der Waals surface area contributed by atoms with E-state index in [2.05, 4.69) is 4.74 Å². The lowest BCUT2D eigenvalue weighted by molar-refractivity contribution is -0.385. The van der Waals surface area contributed by atoms with E-state index in [-0.39, 0.29) is 22.7 Å². The van der Waals surface area contributed by atoms with Crippen LogP contribution in [-0.2, 0) is 4.74 Å². The predicted octanol–water partition coefficient (Wildman–Crippen LogP) is 2.88. The summed E-state index contributed by atoms with van der Waals surface area (Å²) in [7, 11) is 1.14. The van der Waals surface area contributed by atoms with Crippen molar-refractivity contribution in [1.29, 1.82) is 0 Å². The molecule has 2 aromatic carbocycles. The van der Waals surface area contributed by atoms with Crippen molar-refractivity contribution < 1.29 is 24.3 Å². The highest BCUT2D eigenvalue weighted by Gasteiger charge is 2.21. The number of phenolic OH excluding ortho intramolecular Hbond substituents is 1. The lowest BCUT2D eigenvalue weighted by Gasteiger charge is -2.07. The van der Waals surface area contributed by atoms with Crippen LogP contribution in [0.5, 0.6) is 17.2 Å². The maximum absolute atomic E-state index is 11.6. The van der Waals surface area contributed by atoms with Crippen molar-refractivity contribution in [2.45, 2.75) is 0 Å². The fourth-order valence-electron chi connectivity index (χ4n) is 1.66. The molecule has 0 bridgehead atoms. The lowest BCUT2D eigenvalue weighted by Crippen LogP contribution is -2.05. The molecule has 2 rings (SSSR count). The summed E-state index contributed by atoms with van der Waals surface area (Å²) in [5.74, 6) is -0.0803. The molecule has 0 aromatic heterocycles. The standard InChI is InChI=1S/C14H11NO6/c1-20-14(17)12-8-11(6-7-13(12)15(18)19)21-10-4-2-9(16)3-5-10/h2-8,16H,1H3. The minimum atomic E-state index is -0.821. The summed E-state index contributed by atoms with van der Waals surface area (Å²) in [4.78, 5) is 21.8. The topological polar surface area (TPSA) is 98.9 Å². The third-order valence-corrected chi connectivity index (χ3v) is 2.64. The Bertz CT molecular complexity index is 680. The highest BCUT2D eigenvalue weighted by atomic mass is 16.6. The minimum Gasteiger partial charge on any atom is -0.508 e. The second-order valence-corrected chi connectivity index (χ2v) is 4.02. The van der Waals surface area contributed by atoms with Gasteiger partial charge in [0.25, 0.3) is 5.69 Å². The van der Waals surface area contributed by atoms with Gasteiger partial charge in [-0.25, -0.2) is 4.79 Å². The molecular weight excluding hydrogens is 278 g/mol. The number of nitro groups is 1. The van der Waals surface area contributed by atoms with Gasteiger partial charge in [-0.15, -0.1) is 0 Å². The molecular formula is C14H11NO6. The number of carbonyl (C=O) groups excluding carboxylic acids is 1. The first-order valence-electron chi connectivity index (χ1n) is 5.85. The molecule has 0 heterocycles. The summed E-state index contributed by atoms with van der Waals surface area (Å²) in [6.45, 7) is 0. The van der Waals surface area contributed by atoms with Crippen molar-refractivity contribution in [3.8, 4) is 17.2 Å². The van der Waals surface area contributed by atoms with Crippen molar-refractivity contribution >= 4 is 11.7 Å². The smallest absolute Gasteiger partial charge is 0.345 e. The van der Waals surface area contributed by atoms with E-state index < -0.39 is 10.9 Å². The zero-order valence-electron chi connectivity index (χ0n) is 11.0. The first-order valence-corrected chi connectivity index (χ1v) is 5.85. The molecule has 0 spiro atoms. The van der Waals surface area contributed by atoms with Crippen LogP contribution in [-0.4, -0.2) is 23.1 Å². The van der Waals surface area contributed by atoms with Crippen LogP contribution in [0.3, 0.4) is 0 Å². The SMILES string of the molecule is COC(=O)c1cc(Oc2ccc(O)cc2)ccc1[N+](=O)[O-]. The number of benzene rings is 2. The molecule has 7 nitrogen and oxygen atoms in total. The van der Waals surface area contributed by atoms with Crippen LogP contribution in [0.2, 0.25) is 0 Å². The largest absolute Gasteiger partial charge is 0.508 e. The van der Waals surface area contributed by atoms with Gasteiger partial charge in [0, 0.05) is 12.1 Å². The molecule has 0 aliphatic rings.